The van der Waals surface area contributed by atoms with Gasteiger partial charge in [0.1, 0.15) is 17.7 Å². The van der Waals surface area contributed by atoms with Crippen LogP contribution in [0, 0.1) is 0 Å². The van der Waals surface area contributed by atoms with Crippen molar-refractivity contribution >= 4 is 29.0 Å². The summed E-state index contributed by atoms with van der Waals surface area (Å²) < 4.78 is 54.7. The first-order valence-electron chi connectivity index (χ1n) is 10.0. The van der Waals surface area contributed by atoms with Crippen LogP contribution in [0.2, 0.25) is 0 Å². The Kier molecular flexibility index (Phi) is 6.93. The van der Waals surface area contributed by atoms with E-state index in [-0.39, 0.29) is 53.9 Å². The molecule has 0 bridgehead atoms. The van der Waals surface area contributed by atoms with Crippen LogP contribution in [0.4, 0.5) is 23.4 Å². The number of nitrogens with one attached hydrogen (secondary N) is 1. The van der Waals surface area contributed by atoms with Crippen LogP contribution in [0.3, 0.4) is 0 Å². The van der Waals surface area contributed by atoms with Crippen LogP contribution in [0.1, 0.15) is 52.5 Å². The maximum absolute atomic E-state index is 13.7. The smallest absolute Gasteiger partial charge is 0.389 e. The SMILES string of the molecule is CC(C)(O)CNC(=O)c1nc(C(=O)N2CCC(F)CC2)c(-c2cnc(N)cc2C(F)(F)F)s1. The highest BCUT2D eigenvalue weighted by molar-refractivity contribution is 7.17. The lowest BCUT2D eigenvalue weighted by Crippen LogP contribution is -2.39. The number of rotatable bonds is 5. The summed E-state index contributed by atoms with van der Waals surface area (Å²) in [6, 6.07) is 0.645. The molecule has 180 valence electrons. The second kappa shape index (κ2) is 9.21. The van der Waals surface area contributed by atoms with Crippen LogP contribution in [-0.2, 0) is 6.18 Å². The first-order valence-corrected chi connectivity index (χ1v) is 10.9. The van der Waals surface area contributed by atoms with Crippen LogP contribution in [0.25, 0.3) is 10.4 Å². The average Bonchev–Trinajstić information content (AvgIpc) is 3.16. The number of pyridine rings is 1. The number of anilines is 1. The zero-order chi connectivity index (χ0) is 24.6. The number of aromatic nitrogens is 2. The van der Waals surface area contributed by atoms with Gasteiger partial charge in [0.15, 0.2) is 5.01 Å². The number of hydrogen-bond donors (Lipinski definition) is 3. The summed E-state index contributed by atoms with van der Waals surface area (Å²) >= 11 is 0.593. The van der Waals surface area contributed by atoms with Gasteiger partial charge in [-0.05, 0) is 32.8 Å². The molecule has 0 radical (unpaired) electrons. The number of amides is 2. The number of alkyl halides is 4. The van der Waals surface area contributed by atoms with Gasteiger partial charge in [-0.15, -0.1) is 11.3 Å². The molecule has 0 unspecified atom stereocenters. The normalized spacial score (nSPS) is 15.5. The van der Waals surface area contributed by atoms with Crippen LogP contribution in [0.5, 0.6) is 0 Å². The fourth-order valence-corrected chi connectivity index (χ4v) is 4.20. The van der Waals surface area contributed by atoms with E-state index in [9.17, 15) is 32.3 Å². The molecule has 33 heavy (non-hydrogen) atoms. The second-order valence-electron chi connectivity index (χ2n) is 8.31. The summed E-state index contributed by atoms with van der Waals surface area (Å²) in [5.41, 5.74) is 2.27. The first kappa shape index (κ1) is 24.8. The Morgan fingerprint density at radius 3 is 2.52 bits per heavy atom. The molecule has 0 aliphatic carbocycles. The van der Waals surface area contributed by atoms with E-state index in [2.05, 4.69) is 15.3 Å². The van der Waals surface area contributed by atoms with Gasteiger partial charge in [-0.1, -0.05) is 0 Å². The molecule has 1 aliphatic rings. The van der Waals surface area contributed by atoms with Gasteiger partial charge >= 0.3 is 6.18 Å². The molecule has 2 aromatic heterocycles. The molecule has 1 fully saturated rings. The number of piperidine rings is 1. The third-order valence-electron chi connectivity index (χ3n) is 4.89. The van der Waals surface area contributed by atoms with Crippen LogP contribution >= 0.6 is 11.3 Å². The van der Waals surface area contributed by atoms with E-state index >= 15 is 0 Å². The van der Waals surface area contributed by atoms with Gasteiger partial charge in [0, 0.05) is 31.4 Å². The molecule has 2 aromatic rings. The molecular weight excluding hydrogens is 466 g/mol. The molecule has 1 saturated heterocycles. The molecule has 2 amide bonds. The number of nitrogens with zero attached hydrogens (tertiary/aromatic N) is 3. The van der Waals surface area contributed by atoms with E-state index in [1.165, 1.54) is 18.7 Å². The van der Waals surface area contributed by atoms with Gasteiger partial charge in [-0.2, -0.15) is 13.2 Å². The highest BCUT2D eigenvalue weighted by Crippen LogP contribution is 2.41. The molecule has 0 saturated carbocycles. The largest absolute Gasteiger partial charge is 0.417 e. The Bertz CT molecular complexity index is 1040. The molecule has 8 nitrogen and oxygen atoms in total. The van der Waals surface area contributed by atoms with E-state index < -0.39 is 40.9 Å². The molecule has 13 heteroatoms. The molecule has 0 atom stereocenters. The Hall–Kier alpha value is -2.80. The number of aliphatic hydroxyl groups is 1. The van der Waals surface area contributed by atoms with Crippen molar-refractivity contribution in [2.75, 3.05) is 25.4 Å². The topological polar surface area (TPSA) is 121 Å². The van der Waals surface area contributed by atoms with E-state index in [0.717, 1.165) is 6.20 Å². The van der Waals surface area contributed by atoms with Gasteiger partial charge in [0.2, 0.25) is 0 Å². The van der Waals surface area contributed by atoms with E-state index in [1.54, 1.807) is 0 Å². The summed E-state index contributed by atoms with van der Waals surface area (Å²) in [5, 5.41) is 12.0. The molecule has 0 aromatic carbocycles. The van der Waals surface area contributed by atoms with E-state index in [4.69, 9.17) is 5.73 Å². The van der Waals surface area contributed by atoms with Gasteiger partial charge in [-0.25, -0.2) is 14.4 Å². The molecule has 4 N–H and O–H groups in total. The summed E-state index contributed by atoms with van der Waals surface area (Å²) in [6.07, 6.45) is -4.80. The zero-order valence-electron chi connectivity index (χ0n) is 17.9. The lowest BCUT2D eigenvalue weighted by molar-refractivity contribution is -0.137. The minimum Gasteiger partial charge on any atom is -0.389 e. The summed E-state index contributed by atoms with van der Waals surface area (Å²) in [5.74, 6) is -1.84. The van der Waals surface area contributed by atoms with Crippen LogP contribution in [0.15, 0.2) is 12.3 Å². The number of carbonyl (C=O) groups excluding carboxylic acids is 2. The number of hydrogen-bond acceptors (Lipinski definition) is 7. The quantitative estimate of drug-likeness (QED) is 0.556. The van der Waals surface area contributed by atoms with Crippen molar-refractivity contribution in [3.05, 3.63) is 28.5 Å². The predicted molar refractivity (Wildman–Crippen MR) is 113 cm³/mol. The van der Waals surface area contributed by atoms with Crippen molar-refractivity contribution < 1.29 is 32.3 Å². The maximum Gasteiger partial charge on any atom is 0.417 e. The number of likely N-dealkylation sites (tertiary alicyclic amines) is 1. The second-order valence-corrected chi connectivity index (χ2v) is 9.31. The Balaban J connectivity index is 2.07. The molecule has 1 aliphatic heterocycles. The van der Waals surface area contributed by atoms with E-state index in [1.807, 2.05) is 0 Å². The summed E-state index contributed by atoms with van der Waals surface area (Å²) in [6.45, 7) is 2.91. The van der Waals surface area contributed by atoms with Crippen molar-refractivity contribution in [1.29, 1.82) is 0 Å². The van der Waals surface area contributed by atoms with Crippen molar-refractivity contribution in [2.45, 2.75) is 44.6 Å². The van der Waals surface area contributed by atoms with Crippen molar-refractivity contribution in [3.63, 3.8) is 0 Å². The number of nitrogens with two attached hydrogens (primary N) is 1. The highest BCUT2D eigenvalue weighted by Gasteiger charge is 2.37. The highest BCUT2D eigenvalue weighted by atomic mass is 32.1. The zero-order valence-corrected chi connectivity index (χ0v) is 18.7. The molecular formula is C20H23F4N5O3S. The van der Waals surface area contributed by atoms with Crippen molar-refractivity contribution in [1.82, 2.24) is 20.2 Å². The summed E-state index contributed by atoms with van der Waals surface area (Å²) in [4.78, 5) is 34.6. The fourth-order valence-electron chi connectivity index (χ4n) is 3.20. The van der Waals surface area contributed by atoms with Crippen LogP contribution < -0.4 is 11.1 Å². The van der Waals surface area contributed by atoms with Gasteiger partial charge in [-0.3, -0.25) is 9.59 Å². The van der Waals surface area contributed by atoms with Crippen molar-refractivity contribution in [2.24, 2.45) is 0 Å². The Morgan fingerprint density at radius 2 is 1.94 bits per heavy atom. The molecule has 3 rings (SSSR count). The van der Waals surface area contributed by atoms with E-state index in [0.29, 0.717) is 17.4 Å². The lowest BCUT2D eigenvalue weighted by Gasteiger charge is -2.28. The number of nitrogen functional groups attached to an aromatic ring is 1. The third-order valence-corrected chi connectivity index (χ3v) is 5.98. The summed E-state index contributed by atoms with van der Waals surface area (Å²) in [7, 11) is 0. The monoisotopic (exact) mass is 489 g/mol. The third kappa shape index (κ3) is 5.96. The molecule has 3 heterocycles. The minimum absolute atomic E-state index is 0.0727. The van der Waals surface area contributed by atoms with Crippen LogP contribution in [-0.4, -0.2) is 63.2 Å². The standard InChI is InChI=1S/C20H23F4N5O3S/c1-19(2,32)9-27-16(30)17-28-14(18(31)29-5-3-10(21)4-6-29)15(33-17)11-8-26-13(25)7-12(11)20(22,23)24/h7-8,10,32H,3-6,9H2,1-2H3,(H2,25,26)(H,27,30). The molecule has 0 spiro atoms. The number of carbonyl (C=O) groups is 2. The number of halogens is 4. The van der Waals surface area contributed by atoms with Gasteiger partial charge in [0.05, 0.1) is 16.0 Å². The Morgan fingerprint density at radius 1 is 1.30 bits per heavy atom. The van der Waals surface area contributed by atoms with Crippen molar-refractivity contribution in [3.8, 4) is 10.4 Å². The Labute approximate surface area is 190 Å². The van der Waals surface area contributed by atoms with Gasteiger partial charge in [0.25, 0.3) is 11.8 Å². The minimum atomic E-state index is -4.81. The lowest BCUT2D eigenvalue weighted by atomic mass is 10.1. The predicted octanol–water partition coefficient (Wildman–Crippen LogP) is 2.88. The maximum atomic E-state index is 13.7. The fraction of sp³-hybridized carbons (Fsp3) is 0.500. The van der Waals surface area contributed by atoms with Gasteiger partial charge < -0.3 is 21.1 Å². The first-order chi connectivity index (χ1) is 15.3. The number of thiazole rings is 1. The average molecular weight is 489 g/mol.